The normalized spacial score (nSPS) is 16.9. The summed E-state index contributed by atoms with van der Waals surface area (Å²) in [5, 5.41) is 20.5. The number of fused-ring (bicyclic) bond motifs is 1. The second-order valence-corrected chi connectivity index (χ2v) is 18.2. The smallest absolute Gasteiger partial charge is 0.255 e. The lowest BCUT2D eigenvalue weighted by Gasteiger charge is -2.24. The van der Waals surface area contributed by atoms with Crippen molar-refractivity contribution in [3.8, 4) is 22.6 Å². The maximum absolute atomic E-state index is 13.4. The predicted octanol–water partition coefficient (Wildman–Crippen LogP) is 5.32. The number of imidazole rings is 1. The molecular weight excluding hydrogens is 520 g/mol. The predicted molar refractivity (Wildman–Crippen MR) is 159 cm³/mol. The van der Waals surface area contributed by atoms with Crippen molar-refractivity contribution >= 4 is 14.0 Å². The molecule has 1 aromatic carbocycles. The lowest BCUT2D eigenvalue weighted by Crippen LogP contribution is -2.35. The highest BCUT2D eigenvalue weighted by atomic mass is 28.3. The molecule has 1 aliphatic heterocycles. The minimum atomic E-state index is -1.19. The van der Waals surface area contributed by atoms with Crippen molar-refractivity contribution in [3.63, 3.8) is 0 Å². The molecule has 214 valence electrons. The van der Waals surface area contributed by atoms with Crippen LogP contribution in [0.5, 0.6) is 0 Å². The van der Waals surface area contributed by atoms with Crippen LogP contribution in [0.2, 0.25) is 25.7 Å². The molecule has 0 bridgehead atoms. The zero-order valence-corrected chi connectivity index (χ0v) is 25.6. The molecule has 1 saturated carbocycles. The Morgan fingerprint density at radius 3 is 2.58 bits per heavy atom. The largest absolute Gasteiger partial charge is 0.393 e. The minimum absolute atomic E-state index is 0.0547. The van der Waals surface area contributed by atoms with Crippen LogP contribution in [0, 0.1) is 19.8 Å². The zero-order valence-electron chi connectivity index (χ0n) is 24.6. The maximum Gasteiger partial charge on any atom is 0.255 e. The van der Waals surface area contributed by atoms with E-state index in [0.717, 1.165) is 65.1 Å². The number of pyridine rings is 1. The van der Waals surface area contributed by atoms with Crippen LogP contribution in [0.1, 0.15) is 58.7 Å². The van der Waals surface area contributed by atoms with E-state index in [0.29, 0.717) is 30.3 Å². The molecule has 2 N–H and O–H groups in total. The topological polar surface area (TPSA) is 101 Å². The number of rotatable bonds is 11. The van der Waals surface area contributed by atoms with Crippen molar-refractivity contribution in [1.82, 2.24) is 19.4 Å². The number of carbonyl (C=O) groups is 1. The molecule has 0 spiro atoms. The number of hydrogen-bond acceptors (Lipinski definition) is 6. The molecule has 2 aliphatic rings. The number of ether oxygens (including phenoxy) is 1. The van der Waals surface area contributed by atoms with Gasteiger partial charge in [-0.1, -0.05) is 19.6 Å². The van der Waals surface area contributed by atoms with Gasteiger partial charge < -0.3 is 24.4 Å². The molecule has 3 aromatic rings. The summed E-state index contributed by atoms with van der Waals surface area (Å²) in [5.41, 5.74) is 6.39. The van der Waals surface area contributed by atoms with Crippen molar-refractivity contribution in [2.75, 3.05) is 13.2 Å². The standard InChI is InChI=1S/C31H42N4O4Si/c1-19-20(2)35(18-39-11-12-40(4,5)6)30(33-19)27-15-23(9-10-32-27)24-13-25-16-34(21(3)22-7-8-22)31(38)29(25)26(14-24)28(37)17-36/h9-10,13-15,21-22,28,36-37H,7-8,11-12,16-18H2,1-6H3/t21-,28?/m0/s1. The van der Waals surface area contributed by atoms with E-state index in [1.54, 1.807) is 6.20 Å². The van der Waals surface area contributed by atoms with E-state index in [2.05, 4.69) is 36.1 Å². The average molecular weight is 563 g/mol. The van der Waals surface area contributed by atoms with Crippen LogP contribution in [-0.4, -0.2) is 62.9 Å². The molecular formula is C31H42N4O4Si. The number of aryl methyl sites for hydroxylation is 1. The van der Waals surface area contributed by atoms with Gasteiger partial charge in [-0.25, -0.2) is 4.98 Å². The number of aliphatic hydroxyl groups excluding tert-OH is 2. The number of hydrogen-bond donors (Lipinski definition) is 2. The van der Waals surface area contributed by atoms with Gasteiger partial charge in [0.05, 0.1) is 17.9 Å². The summed E-state index contributed by atoms with van der Waals surface area (Å²) < 4.78 is 8.15. The van der Waals surface area contributed by atoms with Gasteiger partial charge >= 0.3 is 0 Å². The van der Waals surface area contributed by atoms with E-state index in [1.165, 1.54) is 0 Å². The summed E-state index contributed by atoms with van der Waals surface area (Å²) in [6.07, 6.45) is 2.93. The van der Waals surface area contributed by atoms with Gasteiger partial charge in [-0.2, -0.15) is 0 Å². The van der Waals surface area contributed by atoms with Crippen molar-refractivity contribution in [1.29, 1.82) is 0 Å². The van der Waals surface area contributed by atoms with Gasteiger partial charge in [0.25, 0.3) is 5.91 Å². The van der Waals surface area contributed by atoms with Crippen molar-refractivity contribution in [3.05, 3.63) is 58.5 Å². The molecule has 0 radical (unpaired) electrons. The Balaban J connectivity index is 1.48. The Kier molecular flexibility index (Phi) is 8.03. The SMILES string of the molecule is Cc1nc(-c2cc(-c3cc4c(c(C(O)CO)c3)C(=O)N([C@@H](C)C3CC3)C4)ccn2)n(COCC[Si](C)(C)C)c1C. The van der Waals surface area contributed by atoms with Crippen LogP contribution in [0.25, 0.3) is 22.6 Å². The number of amides is 1. The Morgan fingerprint density at radius 2 is 1.90 bits per heavy atom. The molecule has 2 aromatic heterocycles. The number of benzene rings is 1. The molecule has 8 nitrogen and oxygen atoms in total. The molecule has 1 fully saturated rings. The first-order chi connectivity index (χ1) is 19.0. The monoisotopic (exact) mass is 562 g/mol. The Morgan fingerprint density at radius 1 is 1.15 bits per heavy atom. The Labute approximate surface area is 238 Å². The molecule has 1 unspecified atom stereocenters. The summed E-state index contributed by atoms with van der Waals surface area (Å²) in [4.78, 5) is 24.8. The zero-order chi connectivity index (χ0) is 28.8. The molecule has 1 amide bonds. The fraction of sp³-hybridized carbons (Fsp3) is 0.516. The molecule has 3 heterocycles. The van der Waals surface area contributed by atoms with Crippen LogP contribution in [0.3, 0.4) is 0 Å². The Bertz CT molecular complexity index is 1410. The van der Waals surface area contributed by atoms with Gasteiger partial charge in [-0.15, -0.1) is 0 Å². The first kappa shape index (κ1) is 28.7. The summed E-state index contributed by atoms with van der Waals surface area (Å²) >= 11 is 0. The van der Waals surface area contributed by atoms with E-state index in [-0.39, 0.29) is 11.9 Å². The fourth-order valence-corrected chi connectivity index (χ4v) is 6.23. The quantitative estimate of drug-likeness (QED) is 0.242. The molecule has 9 heteroatoms. The summed E-state index contributed by atoms with van der Waals surface area (Å²) in [7, 11) is -1.19. The second kappa shape index (κ2) is 11.2. The summed E-state index contributed by atoms with van der Waals surface area (Å²) in [5.74, 6) is 1.24. The summed E-state index contributed by atoms with van der Waals surface area (Å²) in [6, 6.07) is 9.07. The third-order valence-corrected chi connectivity index (χ3v) is 10.1. The van der Waals surface area contributed by atoms with Crippen LogP contribution in [-0.2, 0) is 18.0 Å². The van der Waals surface area contributed by atoms with Crippen LogP contribution >= 0.6 is 0 Å². The highest BCUT2D eigenvalue weighted by Crippen LogP contribution is 2.41. The lowest BCUT2D eigenvalue weighted by molar-refractivity contribution is 0.0682. The molecule has 1 aliphatic carbocycles. The van der Waals surface area contributed by atoms with Gasteiger partial charge in [0.15, 0.2) is 5.82 Å². The van der Waals surface area contributed by atoms with Crippen molar-refractivity contribution in [2.45, 2.75) is 84.7 Å². The number of carbonyl (C=O) groups excluding carboxylic acids is 1. The average Bonchev–Trinajstić information content (AvgIpc) is 3.67. The summed E-state index contributed by atoms with van der Waals surface area (Å²) in [6.45, 7) is 14.4. The molecule has 2 atom stereocenters. The van der Waals surface area contributed by atoms with E-state index >= 15 is 0 Å². The lowest BCUT2D eigenvalue weighted by atomic mass is 9.93. The number of aromatic nitrogens is 3. The first-order valence-corrected chi connectivity index (χ1v) is 18.0. The number of nitrogens with zero attached hydrogens (tertiary/aromatic N) is 4. The van der Waals surface area contributed by atoms with Gasteiger partial charge in [-0.05, 0) is 92.1 Å². The van der Waals surface area contributed by atoms with Crippen molar-refractivity contribution < 1.29 is 19.7 Å². The van der Waals surface area contributed by atoms with Gasteiger partial charge in [0, 0.05) is 39.2 Å². The van der Waals surface area contributed by atoms with Gasteiger partial charge in [0.2, 0.25) is 0 Å². The van der Waals surface area contributed by atoms with Crippen LogP contribution in [0.15, 0.2) is 30.5 Å². The van der Waals surface area contributed by atoms with Crippen LogP contribution < -0.4 is 0 Å². The van der Waals surface area contributed by atoms with E-state index in [4.69, 9.17) is 9.72 Å². The van der Waals surface area contributed by atoms with Crippen LogP contribution in [0.4, 0.5) is 0 Å². The maximum atomic E-state index is 13.4. The highest BCUT2D eigenvalue weighted by molar-refractivity contribution is 6.76. The van der Waals surface area contributed by atoms with Gasteiger partial charge in [-0.3, -0.25) is 9.78 Å². The molecule has 40 heavy (non-hydrogen) atoms. The van der Waals surface area contributed by atoms with E-state index in [1.807, 2.05) is 43.0 Å². The molecule has 0 saturated heterocycles. The van der Waals surface area contributed by atoms with E-state index in [9.17, 15) is 15.0 Å². The third-order valence-electron chi connectivity index (χ3n) is 8.39. The van der Waals surface area contributed by atoms with E-state index < -0.39 is 20.8 Å². The minimum Gasteiger partial charge on any atom is -0.393 e. The Hall–Kier alpha value is -2.85. The molecule has 5 rings (SSSR count). The second-order valence-electron chi connectivity index (χ2n) is 12.6. The van der Waals surface area contributed by atoms with Gasteiger partial charge in [0.1, 0.15) is 18.5 Å². The first-order valence-electron chi connectivity index (χ1n) is 14.3. The third kappa shape index (κ3) is 5.79. The fourth-order valence-electron chi connectivity index (χ4n) is 5.48. The number of aliphatic hydroxyl groups is 2. The van der Waals surface area contributed by atoms with Crippen molar-refractivity contribution in [2.24, 2.45) is 5.92 Å². The highest BCUT2D eigenvalue weighted by Gasteiger charge is 2.40.